The van der Waals surface area contributed by atoms with Crippen LogP contribution in [0.1, 0.15) is 32.7 Å². The van der Waals surface area contributed by atoms with E-state index in [2.05, 4.69) is 4.98 Å². The SMILES string of the molecule is Cc1ccc(CCc2ccc3nccn3c2C(=O)O)c(C(F)(F)F)c1. The molecule has 2 aromatic heterocycles. The molecule has 0 amide bonds. The van der Waals surface area contributed by atoms with E-state index < -0.39 is 17.7 Å². The van der Waals surface area contributed by atoms with Crippen molar-refractivity contribution in [2.75, 3.05) is 0 Å². The van der Waals surface area contributed by atoms with Crippen LogP contribution in [0.5, 0.6) is 0 Å². The molecular formula is C18H15F3N2O2. The molecule has 0 aliphatic carbocycles. The van der Waals surface area contributed by atoms with E-state index in [-0.39, 0.29) is 24.1 Å². The lowest BCUT2D eigenvalue weighted by atomic mass is 9.97. The number of rotatable bonds is 4. The maximum absolute atomic E-state index is 13.2. The summed E-state index contributed by atoms with van der Waals surface area (Å²) in [5.41, 5.74) is 0.977. The van der Waals surface area contributed by atoms with E-state index in [0.29, 0.717) is 16.8 Å². The van der Waals surface area contributed by atoms with Crippen LogP contribution in [0.4, 0.5) is 13.2 Å². The van der Waals surface area contributed by atoms with Gasteiger partial charge in [0.1, 0.15) is 11.3 Å². The monoisotopic (exact) mass is 348 g/mol. The van der Waals surface area contributed by atoms with Crippen LogP contribution in [0.2, 0.25) is 0 Å². The minimum absolute atomic E-state index is 0.0238. The Morgan fingerprint density at radius 3 is 2.52 bits per heavy atom. The highest BCUT2D eigenvalue weighted by Gasteiger charge is 2.33. The Balaban J connectivity index is 1.96. The molecule has 0 radical (unpaired) electrons. The van der Waals surface area contributed by atoms with Crippen LogP contribution in [-0.4, -0.2) is 20.5 Å². The van der Waals surface area contributed by atoms with Crippen molar-refractivity contribution in [2.45, 2.75) is 25.9 Å². The van der Waals surface area contributed by atoms with Gasteiger partial charge in [-0.2, -0.15) is 13.2 Å². The number of hydrogen-bond acceptors (Lipinski definition) is 2. The first kappa shape index (κ1) is 17.0. The molecular weight excluding hydrogens is 333 g/mol. The maximum Gasteiger partial charge on any atom is 0.416 e. The second kappa shape index (κ2) is 6.23. The van der Waals surface area contributed by atoms with Crippen LogP contribution in [0, 0.1) is 6.92 Å². The number of benzene rings is 1. The van der Waals surface area contributed by atoms with Gasteiger partial charge in [0.15, 0.2) is 0 Å². The van der Waals surface area contributed by atoms with Gasteiger partial charge in [0, 0.05) is 12.4 Å². The predicted molar refractivity (Wildman–Crippen MR) is 85.7 cm³/mol. The quantitative estimate of drug-likeness (QED) is 0.771. The van der Waals surface area contributed by atoms with E-state index in [1.165, 1.54) is 22.9 Å². The van der Waals surface area contributed by atoms with Crippen LogP contribution in [0.15, 0.2) is 42.7 Å². The summed E-state index contributed by atoms with van der Waals surface area (Å²) in [6, 6.07) is 7.46. The third-order valence-electron chi connectivity index (χ3n) is 4.09. The molecule has 7 heteroatoms. The van der Waals surface area contributed by atoms with Crippen LogP contribution in [-0.2, 0) is 19.0 Å². The first-order valence-electron chi connectivity index (χ1n) is 7.62. The second-order valence-corrected chi connectivity index (χ2v) is 5.83. The van der Waals surface area contributed by atoms with Crippen molar-refractivity contribution in [3.8, 4) is 0 Å². The van der Waals surface area contributed by atoms with E-state index in [0.717, 1.165) is 6.07 Å². The van der Waals surface area contributed by atoms with Crippen molar-refractivity contribution in [3.05, 3.63) is 70.7 Å². The Kier molecular flexibility index (Phi) is 4.24. The maximum atomic E-state index is 13.2. The molecule has 0 bridgehead atoms. The van der Waals surface area contributed by atoms with Crippen LogP contribution in [0.3, 0.4) is 0 Å². The molecule has 3 aromatic rings. The number of aryl methyl sites for hydroxylation is 3. The number of pyridine rings is 1. The third kappa shape index (κ3) is 3.35. The van der Waals surface area contributed by atoms with Crippen LogP contribution < -0.4 is 0 Å². The van der Waals surface area contributed by atoms with Gasteiger partial charge < -0.3 is 5.11 Å². The molecule has 0 fully saturated rings. The summed E-state index contributed by atoms with van der Waals surface area (Å²) in [5, 5.41) is 9.47. The molecule has 0 atom stereocenters. The molecule has 1 aromatic carbocycles. The minimum Gasteiger partial charge on any atom is -0.477 e. The molecule has 0 aliphatic heterocycles. The third-order valence-corrected chi connectivity index (χ3v) is 4.09. The molecule has 3 rings (SSSR count). The van der Waals surface area contributed by atoms with Gasteiger partial charge >= 0.3 is 12.1 Å². The van der Waals surface area contributed by atoms with Gasteiger partial charge in [0.05, 0.1) is 5.56 Å². The Morgan fingerprint density at radius 2 is 1.84 bits per heavy atom. The molecule has 1 N–H and O–H groups in total. The molecule has 4 nitrogen and oxygen atoms in total. The molecule has 2 heterocycles. The molecule has 130 valence electrons. The lowest BCUT2D eigenvalue weighted by Gasteiger charge is -2.14. The summed E-state index contributed by atoms with van der Waals surface area (Å²) in [6.45, 7) is 1.61. The number of carboxylic acids is 1. The number of aromatic nitrogens is 2. The number of imidazole rings is 1. The fourth-order valence-electron chi connectivity index (χ4n) is 2.92. The summed E-state index contributed by atoms with van der Waals surface area (Å²) >= 11 is 0. The Morgan fingerprint density at radius 1 is 1.16 bits per heavy atom. The molecule has 0 saturated heterocycles. The van der Waals surface area contributed by atoms with Crippen molar-refractivity contribution in [1.29, 1.82) is 0 Å². The van der Waals surface area contributed by atoms with Crippen molar-refractivity contribution in [1.82, 2.24) is 9.38 Å². The minimum atomic E-state index is -4.44. The Labute approximate surface area is 141 Å². The van der Waals surface area contributed by atoms with Gasteiger partial charge in [-0.1, -0.05) is 23.8 Å². The average Bonchev–Trinajstić information content (AvgIpc) is 3.00. The van der Waals surface area contributed by atoms with E-state index >= 15 is 0 Å². The molecule has 0 spiro atoms. The van der Waals surface area contributed by atoms with Gasteiger partial charge in [-0.05, 0) is 43.0 Å². The van der Waals surface area contributed by atoms with Gasteiger partial charge in [0.2, 0.25) is 0 Å². The zero-order valence-electron chi connectivity index (χ0n) is 13.3. The van der Waals surface area contributed by atoms with Gasteiger partial charge in [-0.25, -0.2) is 9.78 Å². The first-order valence-corrected chi connectivity index (χ1v) is 7.62. The van der Waals surface area contributed by atoms with Crippen molar-refractivity contribution >= 4 is 11.6 Å². The summed E-state index contributed by atoms with van der Waals surface area (Å²) < 4.78 is 41.1. The van der Waals surface area contributed by atoms with Gasteiger partial charge in [0.25, 0.3) is 0 Å². The highest BCUT2D eigenvalue weighted by molar-refractivity contribution is 5.88. The standard InChI is InChI=1S/C18H15F3N2O2/c1-11-2-3-12(14(10-11)18(19,20)21)4-5-13-6-7-15-22-8-9-23(15)16(13)17(24)25/h2-3,6-10H,4-5H2,1H3,(H,24,25). The summed E-state index contributed by atoms with van der Waals surface area (Å²) in [5.74, 6) is -1.14. The summed E-state index contributed by atoms with van der Waals surface area (Å²) in [6.07, 6.45) is -1.16. The zero-order valence-corrected chi connectivity index (χ0v) is 13.3. The number of aromatic carboxylic acids is 1. The molecule has 25 heavy (non-hydrogen) atoms. The summed E-state index contributed by atoms with van der Waals surface area (Å²) in [7, 11) is 0. The van der Waals surface area contributed by atoms with Crippen LogP contribution >= 0.6 is 0 Å². The lowest BCUT2D eigenvalue weighted by Crippen LogP contribution is -2.13. The lowest BCUT2D eigenvalue weighted by molar-refractivity contribution is -0.138. The van der Waals surface area contributed by atoms with E-state index in [1.54, 1.807) is 25.1 Å². The number of carbonyl (C=O) groups is 1. The zero-order chi connectivity index (χ0) is 18.2. The molecule has 0 saturated carbocycles. The van der Waals surface area contributed by atoms with Crippen molar-refractivity contribution in [2.24, 2.45) is 0 Å². The van der Waals surface area contributed by atoms with Gasteiger partial charge in [-0.3, -0.25) is 4.40 Å². The van der Waals surface area contributed by atoms with E-state index in [1.807, 2.05) is 0 Å². The van der Waals surface area contributed by atoms with Crippen molar-refractivity contribution < 1.29 is 23.1 Å². The highest BCUT2D eigenvalue weighted by atomic mass is 19.4. The summed E-state index contributed by atoms with van der Waals surface area (Å²) in [4.78, 5) is 15.6. The highest BCUT2D eigenvalue weighted by Crippen LogP contribution is 2.33. The molecule has 0 unspecified atom stereocenters. The number of carboxylic acid groups (broad SMARTS) is 1. The largest absolute Gasteiger partial charge is 0.477 e. The number of nitrogens with zero attached hydrogens (tertiary/aromatic N) is 2. The molecule has 0 aliphatic rings. The normalized spacial score (nSPS) is 11.8. The average molecular weight is 348 g/mol. The fourth-order valence-corrected chi connectivity index (χ4v) is 2.92. The number of alkyl halides is 3. The topological polar surface area (TPSA) is 54.6 Å². The second-order valence-electron chi connectivity index (χ2n) is 5.83. The first-order chi connectivity index (χ1) is 11.8. The van der Waals surface area contributed by atoms with E-state index in [9.17, 15) is 23.1 Å². The van der Waals surface area contributed by atoms with Crippen molar-refractivity contribution in [3.63, 3.8) is 0 Å². The Bertz CT molecular complexity index is 945. The van der Waals surface area contributed by atoms with E-state index in [4.69, 9.17) is 0 Å². The Hall–Kier alpha value is -2.83. The smallest absolute Gasteiger partial charge is 0.416 e. The van der Waals surface area contributed by atoms with Gasteiger partial charge in [-0.15, -0.1) is 0 Å². The fraction of sp³-hybridized carbons (Fsp3) is 0.222. The van der Waals surface area contributed by atoms with Crippen LogP contribution in [0.25, 0.3) is 5.65 Å². The number of hydrogen-bond donors (Lipinski definition) is 1. The number of fused-ring (bicyclic) bond motifs is 1. The predicted octanol–water partition coefficient (Wildman–Crippen LogP) is 4.14. The number of halogens is 3.